The lowest BCUT2D eigenvalue weighted by molar-refractivity contribution is -0.116. The maximum absolute atomic E-state index is 12.6. The van der Waals surface area contributed by atoms with Crippen molar-refractivity contribution in [2.75, 3.05) is 10.6 Å². The number of amides is 1. The van der Waals surface area contributed by atoms with Crippen molar-refractivity contribution in [1.29, 1.82) is 0 Å². The number of carbonyl (C=O) groups excluding carboxylic acids is 1. The molecule has 0 spiro atoms. The van der Waals surface area contributed by atoms with Crippen molar-refractivity contribution in [2.45, 2.75) is 59.9 Å². The van der Waals surface area contributed by atoms with E-state index in [9.17, 15) is 4.79 Å². The molecule has 25 heavy (non-hydrogen) atoms. The molecule has 1 amide bonds. The van der Waals surface area contributed by atoms with Gasteiger partial charge in [-0.2, -0.15) is 0 Å². The quantitative estimate of drug-likeness (QED) is 0.789. The van der Waals surface area contributed by atoms with Crippen LogP contribution >= 0.6 is 0 Å². The Labute approximate surface area is 151 Å². The molecular weight excluding hydrogens is 308 g/mol. The van der Waals surface area contributed by atoms with Crippen LogP contribution in [0, 0.1) is 20.8 Å². The van der Waals surface area contributed by atoms with Crippen LogP contribution in [0.1, 0.15) is 49.9 Å². The zero-order valence-electron chi connectivity index (χ0n) is 16.4. The first-order chi connectivity index (χ1) is 11.6. The van der Waals surface area contributed by atoms with Crippen LogP contribution in [-0.4, -0.2) is 11.9 Å². The maximum atomic E-state index is 12.6. The average molecular weight is 338 g/mol. The second-order valence-electron chi connectivity index (χ2n) is 7.96. The molecule has 0 aromatic heterocycles. The molecule has 2 N–H and O–H groups in total. The van der Waals surface area contributed by atoms with Crippen molar-refractivity contribution in [2.24, 2.45) is 0 Å². The molecule has 0 aliphatic heterocycles. The molecule has 3 heteroatoms. The average Bonchev–Trinajstić information content (AvgIpc) is 2.50. The van der Waals surface area contributed by atoms with Gasteiger partial charge in [0.05, 0.1) is 0 Å². The summed E-state index contributed by atoms with van der Waals surface area (Å²) >= 11 is 0. The third-order valence-corrected chi connectivity index (χ3v) is 4.45. The number of benzene rings is 2. The lowest BCUT2D eigenvalue weighted by atomic mass is 9.87. The van der Waals surface area contributed by atoms with Crippen LogP contribution in [0.3, 0.4) is 0 Å². The molecule has 0 bridgehead atoms. The van der Waals surface area contributed by atoms with Crippen LogP contribution in [0.25, 0.3) is 0 Å². The first-order valence-corrected chi connectivity index (χ1v) is 8.83. The summed E-state index contributed by atoms with van der Waals surface area (Å²) in [6.45, 7) is 14.6. The van der Waals surface area contributed by atoms with Gasteiger partial charge in [0, 0.05) is 11.4 Å². The summed E-state index contributed by atoms with van der Waals surface area (Å²) in [5.41, 5.74) is 6.65. The molecule has 0 aliphatic rings. The number of hydrogen-bond acceptors (Lipinski definition) is 2. The predicted octanol–water partition coefficient (Wildman–Crippen LogP) is 5.35. The highest BCUT2D eigenvalue weighted by Crippen LogP contribution is 2.24. The molecule has 0 saturated heterocycles. The first-order valence-electron chi connectivity index (χ1n) is 8.83. The topological polar surface area (TPSA) is 41.1 Å². The van der Waals surface area contributed by atoms with E-state index < -0.39 is 0 Å². The molecule has 2 aromatic rings. The van der Waals surface area contributed by atoms with Gasteiger partial charge in [-0.3, -0.25) is 4.79 Å². The van der Waals surface area contributed by atoms with Crippen LogP contribution < -0.4 is 10.6 Å². The minimum atomic E-state index is -0.319. The van der Waals surface area contributed by atoms with Crippen molar-refractivity contribution in [3.8, 4) is 0 Å². The summed E-state index contributed by atoms with van der Waals surface area (Å²) in [5, 5.41) is 6.34. The molecule has 2 rings (SSSR count). The van der Waals surface area contributed by atoms with E-state index in [-0.39, 0.29) is 17.4 Å². The minimum Gasteiger partial charge on any atom is -0.374 e. The monoisotopic (exact) mass is 338 g/mol. The molecule has 3 nitrogen and oxygen atoms in total. The van der Waals surface area contributed by atoms with Crippen LogP contribution in [0.4, 0.5) is 11.4 Å². The van der Waals surface area contributed by atoms with E-state index in [0.717, 1.165) is 22.5 Å². The highest BCUT2D eigenvalue weighted by atomic mass is 16.2. The number of carbonyl (C=O) groups is 1. The Bertz CT molecular complexity index is 732. The highest BCUT2D eigenvalue weighted by molar-refractivity contribution is 5.97. The van der Waals surface area contributed by atoms with E-state index in [4.69, 9.17) is 0 Å². The fraction of sp³-hybridized carbons (Fsp3) is 0.409. The number of anilines is 2. The molecule has 1 atom stereocenters. The Morgan fingerprint density at radius 2 is 1.48 bits per heavy atom. The van der Waals surface area contributed by atoms with Crippen LogP contribution in [0.15, 0.2) is 36.4 Å². The molecular formula is C22H30N2O. The normalized spacial score (nSPS) is 12.6. The van der Waals surface area contributed by atoms with E-state index >= 15 is 0 Å². The van der Waals surface area contributed by atoms with Gasteiger partial charge in [-0.15, -0.1) is 0 Å². The Kier molecular flexibility index (Phi) is 5.56. The van der Waals surface area contributed by atoms with E-state index in [1.165, 1.54) is 11.1 Å². The Morgan fingerprint density at radius 1 is 0.960 bits per heavy atom. The van der Waals surface area contributed by atoms with Crippen LogP contribution in [0.5, 0.6) is 0 Å². The third kappa shape index (κ3) is 4.85. The minimum absolute atomic E-state index is 0.0325. The summed E-state index contributed by atoms with van der Waals surface area (Å²) in [5.74, 6) is -0.0325. The Hall–Kier alpha value is -2.29. The van der Waals surface area contributed by atoms with Gasteiger partial charge < -0.3 is 10.6 Å². The predicted molar refractivity (Wildman–Crippen MR) is 108 cm³/mol. The standard InChI is InChI=1S/C22H30N2O/c1-14-12-15(2)20(16(3)13-14)24-21(25)17(4)23-19-10-8-18(9-11-19)22(5,6)7/h8-13,17,23H,1-7H3,(H,24,25)/t17-/m0/s1. The van der Waals surface area contributed by atoms with Gasteiger partial charge in [-0.05, 0) is 61.9 Å². The Balaban J connectivity index is 2.06. The molecule has 0 unspecified atom stereocenters. The maximum Gasteiger partial charge on any atom is 0.246 e. The fourth-order valence-corrected chi connectivity index (χ4v) is 2.99. The highest BCUT2D eigenvalue weighted by Gasteiger charge is 2.16. The summed E-state index contributed by atoms with van der Waals surface area (Å²) in [4.78, 5) is 12.6. The summed E-state index contributed by atoms with van der Waals surface area (Å²) < 4.78 is 0. The largest absolute Gasteiger partial charge is 0.374 e. The van der Waals surface area contributed by atoms with Gasteiger partial charge in [0.2, 0.25) is 5.91 Å². The van der Waals surface area contributed by atoms with Gasteiger partial charge in [0.1, 0.15) is 6.04 Å². The smallest absolute Gasteiger partial charge is 0.246 e. The van der Waals surface area contributed by atoms with Gasteiger partial charge in [0.15, 0.2) is 0 Å². The van der Waals surface area contributed by atoms with Crippen LogP contribution in [-0.2, 0) is 10.2 Å². The fourth-order valence-electron chi connectivity index (χ4n) is 2.99. The number of aryl methyl sites for hydroxylation is 3. The Morgan fingerprint density at radius 3 is 1.96 bits per heavy atom. The lowest BCUT2D eigenvalue weighted by Crippen LogP contribution is -2.32. The molecule has 0 fully saturated rings. The first kappa shape index (κ1) is 19.0. The van der Waals surface area contributed by atoms with Crippen molar-refractivity contribution < 1.29 is 4.79 Å². The molecule has 0 heterocycles. The van der Waals surface area contributed by atoms with Crippen molar-refractivity contribution in [3.63, 3.8) is 0 Å². The van der Waals surface area contributed by atoms with E-state index in [1.54, 1.807) is 0 Å². The van der Waals surface area contributed by atoms with Crippen LogP contribution in [0.2, 0.25) is 0 Å². The molecule has 2 aromatic carbocycles. The van der Waals surface area contributed by atoms with Gasteiger partial charge in [-0.1, -0.05) is 50.6 Å². The van der Waals surface area contributed by atoms with Crippen molar-refractivity contribution in [1.82, 2.24) is 0 Å². The summed E-state index contributed by atoms with van der Waals surface area (Å²) in [6.07, 6.45) is 0. The molecule has 0 radical (unpaired) electrons. The summed E-state index contributed by atoms with van der Waals surface area (Å²) in [6, 6.07) is 12.2. The summed E-state index contributed by atoms with van der Waals surface area (Å²) in [7, 11) is 0. The number of rotatable bonds is 4. The van der Waals surface area contributed by atoms with Crippen molar-refractivity contribution >= 4 is 17.3 Å². The van der Waals surface area contributed by atoms with Gasteiger partial charge in [0.25, 0.3) is 0 Å². The van der Waals surface area contributed by atoms with Gasteiger partial charge in [-0.25, -0.2) is 0 Å². The van der Waals surface area contributed by atoms with Gasteiger partial charge >= 0.3 is 0 Å². The lowest BCUT2D eigenvalue weighted by Gasteiger charge is -2.21. The third-order valence-electron chi connectivity index (χ3n) is 4.45. The molecule has 0 saturated carbocycles. The second kappa shape index (κ2) is 7.30. The van der Waals surface area contributed by atoms with Crippen molar-refractivity contribution in [3.05, 3.63) is 58.7 Å². The molecule has 134 valence electrons. The zero-order chi connectivity index (χ0) is 18.8. The zero-order valence-corrected chi connectivity index (χ0v) is 16.4. The van der Waals surface area contributed by atoms with E-state index in [2.05, 4.69) is 62.6 Å². The SMILES string of the molecule is Cc1cc(C)c(NC(=O)[C@H](C)Nc2ccc(C(C)(C)C)cc2)c(C)c1. The van der Waals surface area contributed by atoms with E-state index in [0.29, 0.717) is 0 Å². The van der Waals surface area contributed by atoms with E-state index in [1.807, 2.05) is 32.9 Å². The second-order valence-corrected chi connectivity index (χ2v) is 7.96. The molecule has 0 aliphatic carbocycles. The number of nitrogens with one attached hydrogen (secondary N) is 2. The number of hydrogen-bond donors (Lipinski definition) is 2.